The van der Waals surface area contributed by atoms with E-state index < -0.39 is 0 Å². The Kier molecular flexibility index (Phi) is 4.33. The summed E-state index contributed by atoms with van der Waals surface area (Å²) in [6.07, 6.45) is 0. The first-order chi connectivity index (χ1) is 9.08. The Balaban J connectivity index is 2.06. The summed E-state index contributed by atoms with van der Waals surface area (Å²) < 4.78 is 0. The van der Waals surface area contributed by atoms with Crippen LogP contribution in [0.3, 0.4) is 0 Å². The molecule has 3 heteroatoms. The van der Waals surface area contributed by atoms with Crippen LogP contribution in [0.15, 0.2) is 42.5 Å². The number of aryl methyl sites for hydroxylation is 1. The van der Waals surface area contributed by atoms with Crippen molar-refractivity contribution < 1.29 is 0 Å². The number of nitrogens with zero attached hydrogens (tertiary/aromatic N) is 1. The van der Waals surface area contributed by atoms with Crippen LogP contribution in [0, 0.1) is 6.92 Å². The molecule has 0 saturated carbocycles. The molecule has 0 atom stereocenters. The smallest absolute Gasteiger partial charge is 0.0640 e. The maximum Gasteiger partial charge on any atom is 0.0640 e. The zero-order chi connectivity index (χ0) is 13.8. The molecule has 2 aromatic carbocycles. The van der Waals surface area contributed by atoms with E-state index >= 15 is 0 Å². The third kappa shape index (κ3) is 3.42. The molecule has 19 heavy (non-hydrogen) atoms. The first-order valence-electron chi connectivity index (χ1n) is 6.33. The Hall–Kier alpha value is -1.67. The van der Waals surface area contributed by atoms with Gasteiger partial charge in [-0.05, 0) is 36.2 Å². The van der Waals surface area contributed by atoms with Crippen molar-refractivity contribution in [1.29, 1.82) is 0 Å². The minimum atomic E-state index is 0.768. The largest absolute Gasteiger partial charge is 0.380 e. The molecule has 0 aliphatic heterocycles. The van der Waals surface area contributed by atoms with Crippen molar-refractivity contribution >= 4 is 23.0 Å². The fourth-order valence-corrected chi connectivity index (χ4v) is 2.25. The van der Waals surface area contributed by atoms with Gasteiger partial charge in [-0.15, -0.1) is 0 Å². The highest BCUT2D eigenvalue weighted by Crippen LogP contribution is 2.25. The van der Waals surface area contributed by atoms with Crippen LogP contribution in [0.25, 0.3) is 0 Å². The zero-order valence-electron chi connectivity index (χ0n) is 11.6. The normalized spacial score (nSPS) is 10.3. The van der Waals surface area contributed by atoms with Gasteiger partial charge in [0, 0.05) is 26.3 Å². The number of hydrogen-bond acceptors (Lipinski definition) is 2. The van der Waals surface area contributed by atoms with E-state index in [1.54, 1.807) is 0 Å². The summed E-state index contributed by atoms with van der Waals surface area (Å²) in [6, 6.07) is 14.4. The predicted molar refractivity (Wildman–Crippen MR) is 84.3 cm³/mol. The van der Waals surface area contributed by atoms with Crippen LogP contribution in [0.4, 0.5) is 11.4 Å². The fourth-order valence-electron chi connectivity index (χ4n) is 1.96. The molecule has 0 fully saturated rings. The zero-order valence-corrected chi connectivity index (χ0v) is 12.3. The average Bonchev–Trinajstić information content (AvgIpc) is 2.38. The second-order valence-corrected chi connectivity index (χ2v) is 5.25. The Morgan fingerprint density at radius 1 is 1.05 bits per heavy atom. The number of anilines is 2. The monoisotopic (exact) mass is 274 g/mol. The summed E-state index contributed by atoms with van der Waals surface area (Å²) >= 11 is 6.19. The molecule has 2 rings (SSSR count). The summed E-state index contributed by atoms with van der Waals surface area (Å²) in [6.45, 7) is 2.83. The second kappa shape index (κ2) is 5.98. The number of benzene rings is 2. The van der Waals surface area contributed by atoms with Gasteiger partial charge in [0.2, 0.25) is 0 Å². The molecule has 0 heterocycles. The van der Waals surface area contributed by atoms with Crippen molar-refractivity contribution in [1.82, 2.24) is 0 Å². The Labute approximate surface area is 120 Å². The second-order valence-electron chi connectivity index (χ2n) is 4.85. The first kappa shape index (κ1) is 13.8. The molecule has 0 unspecified atom stereocenters. The van der Waals surface area contributed by atoms with E-state index in [0.717, 1.165) is 22.8 Å². The fraction of sp³-hybridized carbons (Fsp3) is 0.250. The quantitative estimate of drug-likeness (QED) is 0.893. The molecule has 0 amide bonds. The van der Waals surface area contributed by atoms with Crippen LogP contribution in [-0.4, -0.2) is 14.1 Å². The standard InChI is InChI=1S/C16H19ClN2/c1-12-5-4-6-15(17)16(12)18-11-13-7-9-14(10-8-13)19(2)3/h4-10,18H,11H2,1-3H3. The van der Waals surface area contributed by atoms with Crippen molar-refractivity contribution in [3.8, 4) is 0 Å². The van der Waals surface area contributed by atoms with E-state index in [1.807, 2.05) is 26.2 Å². The highest BCUT2D eigenvalue weighted by atomic mass is 35.5. The number of rotatable bonds is 4. The molecule has 0 saturated heterocycles. The number of hydrogen-bond donors (Lipinski definition) is 1. The van der Waals surface area contributed by atoms with Crippen LogP contribution in [0.5, 0.6) is 0 Å². The van der Waals surface area contributed by atoms with Gasteiger partial charge in [-0.25, -0.2) is 0 Å². The third-order valence-corrected chi connectivity index (χ3v) is 3.46. The summed E-state index contributed by atoms with van der Waals surface area (Å²) in [7, 11) is 4.08. The molecule has 100 valence electrons. The van der Waals surface area contributed by atoms with Crippen LogP contribution in [-0.2, 0) is 6.54 Å². The van der Waals surface area contributed by atoms with E-state index in [1.165, 1.54) is 11.3 Å². The van der Waals surface area contributed by atoms with E-state index in [9.17, 15) is 0 Å². The van der Waals surface area contributed by atoms with E-state index in [2.05, 4.69) is 47.5 Å². The Bertz CT molecular complexity index is 527. The van der Waals surface area contributed by atoms with E-state index in [4.69, 9.17) is 11.6 Å². The maximum absolute atomic E-state index is 6.19. The van der Waals surface area contributed by atoms with Gasteiger partial charge in [0.05, 0.1) is 10.7 Å². The minimum absolute atomic E-state index is 0.768. The molecule has 0 bridgehead atoms. The average molecular weight is 275 g/mol. The van der Waals surface area contributed by atoms with Gasteiger partial charge < -0.3 is 10.2 Å². The van der Waals surface area contributed by atoms with Crippen molar-refractivity contribution in [2.24, 2.45) is 0 Å². The van der Waals surface area contributed by atoms with Crippen LogP contribution < -0.4 is 10.2 Å². The van der Waals surface area contributed by atoms with Gasteiger partial charge in [-0.1, -0.05) is 35.9 Å². The van der Waals surface area contributed by atoms with Gasteiger partial charge in [0.15, 0.2) is 0 Å². The lowest BCUT2D eigenvalue weighted by Crippen LogP contribution is -2.08. The van der Waals surface area contributed by atoms with Crippen molar-refractivity contribution in [3.63, 3.8) is 0 Å². The molecule has 0 radical (unpaired) electrons. The third-order valence-electron chi connectivity index (χ3n) is 3.14. The SMILES string of the molecule is Cc1cccc(Cl)c1NCc1ccc(N(C)C)cc1. The molecule has 2 aromatic rings. The molecule has 0 aliphatic rings. The van der Waals surface area contributed by atoms with Gasteiger partial charge >= 0.3 is 0 Å². The van der Waals surface area contributed by atoms with Gasteiger partial charge in [-0.3, -0.25) is 0 Å². The van der Waals surface area contributed by atoms with Crippen molar-refractivity contribution in [2.75, 3.05) is 24.3 Å². The number of nitrogens with one attached hydrogen (secondary N) is 1. The summed E-state index contributed by atoms with van der Waals surface area (Å²) in [5.74, 6) is 0. The van der Waals surface area contributed by atoms with Gasteiger partial charge in [-0.2, -0.15) is 0 Å². The summed E-state index contributed by atoms with van der Waals surface area (Å²) in [5.41, 5.74) is 4.63. The van der Waals surface area contributed by atoms with E-state index in [0.29, 0.717) is 0 Å². The van der Waals surface area contributed by atoms with Gasteiger partial charge in [0.1, 0.15) is 0 Å². The maximum atomic E-state index is 6.19. The van der Waals surface area contributed by atoms with Crippen LogP contribution in [0.2, 0.25) is 5.02 Å². The van der Waals surface area contributed by atoms with Gasteiger partial charge in [0.25, 0.3) is 0 Å². The Morgan fingerprint density at radius 2 is 1.74 bits per heavy atom. The molecule has 0 aliphatic carbocycles. The lowest BCUT2D eigenvalue weighted by molar-refractivity contribution is 1.11. The molecule has 0 spiro atoms. The topological polar surface area (TPSA) is 15.3 Å². The highest BCUT2D eigenvalue weighted by molar-refractivity contribution is 6.33. The molecular formula is C16H19ClN2. The van der Waals surface area contributed by atoms with Crippen molar-refractivity contribution in [2.45, 2.75) is 13.5 Å². The Morgan fingerprint density at radius 3 is 2.32 bits per heavy atom. The molecule has 1 N–H and O–H groups in total. The molecule has 0 aromatic heterocycles. The predicted octanol–water partition coefficient (Wildman–Crippen LogP) is 4.33. The number of halogens is 1. The summed E-state index contributed by atoms with van der Waals surface area (Å²) in [4.78, 5) is 2.09. The summed E-state index contributed by atoms with van der Waals surface area (Å²) in [5, 5.41) is 4.17. The lowest BCUT2D eigenvalue weighted by atomic mass is 10.1. The first-order valence-corrected chi connectivity index (χ1v) is 6.71. The van der Waals surface area contributed by atoms with Crippen LogP contribution in [0.1, 0.15) is 11.1 Å². The van der Waals surface area contributed by atoms with Crippen LogP contribution >= 0.6 is 11.6 Å². The molecule has 2 nitrogen and oxygen atoms in total. The number of para-hydroxylation sites is 1. The van der Waals surface area contributed by atoms with Crippen molar-refractivity contribution in [3.05, 3.63) is 58.6 Å². The lowest BCUT2D eigenvalue weighted by Gasteiger charge is -2.14. The van der Waals surface area contributed by atoms with E-state index in [-0.39, 0.29) is 0 Å². The highest BCUT2D eigenvalue weighted by Gasteiger charge is 2.03. The minimum Gasteiger partial charge on any atom is -0.380 e. The molecular weight excluding hydrogens is 256 g/mol.